The lowest BCUT2D eigenvalue weighted by molar-refractivity contribution is 0.406. The minimum Gasteiger partial charge on any atom is -0.507 e. The average Bonchev–Trinajstić information content (AvgIpc) is 2.49. The first-order valence-corrected chi connectivity index (χ1v) is 6.96. The van der Waals surface area contributed by atoms with Crippen LogP contribution in [0.4, 0.5) is 5.69 Å². The van der Waals surface area contributed by atoms with Crippen LogP contribution in [-0.2, 0) is 13.0 Å². The van der Waals surface area contributed by atoms with Gasteiger partial charge < -0.3 is 14.7 Å². The molecule has 1 heterocycles. The van der Waals surface area contributed by atoms with Gasteiger partial charge in [0.25, 0.3) is 0 Å². The van der Waals surface area contributed by atoms with Crippen molar-refractivity contribution in [1.82, 2.24) is 0 Å². The van der Waals surface area contributed by atoms with E-state index in [1.165, 1.54) is 11.3 Å². The van der Waals surface area contributed by atoms with Crippen molar-refractivity contribution in [3.8, 4) is 11.5 Å². The van der Waals surface area contributed by atoms with E-state index in [2.05, 4.69) is 29.2 Å². The van der Waals surface area contributed by atoms with Crippen LogP contribution >= 0.6 is 0 Å². The first kappa shape index (κ1) is 12.9. The maximum atomic E-state index is 10.1. The number of para-hydroxylation sites is 1. The Hall–Kier alpha value is -2.16. The van der Waals surface area contributed by atoms with Gasteiger partial charge in [-0.2, -0.15) is 0 Å². The number of aromatic hydroxyl groups is 1. The summed E-state index contributed by atoms with van der Waals surface area (Å²) in [6.07, 6.45) is 2.30. The smallest absolute Gasteiger partial charge is 0.124 e. The molecule has 0 amide bonds. The number of fused-ring (bicyclic) bond motifs is 1. The Morgan fingerprint density at radius 2 is 2.05 bits per heavy atom. The quantitative estimate of drug-likeness (QED) is 0.927. The Bertz CT molecular complexity index is 610. The lowest BCUT2D eigenvalue weighted by Gasteiger charge is -2.31. The van der Waals surface area contributed by atoms with Crippen molar-refractivity contribution in [2.75, 3.05) is 18.6 Å². The van der Waals surface area contributed by atoms with Gasteiger partial charge in [0.15, 0.2) is 0 Å². The van der Waals surface area contributed by atoms with E-state index < -0.39 is 0 Å². The summed E-state index contributed by atoms with van der Waals surface area (Å²) in [6.45, 7) is 1.76. The third-order valence-electron chi connectivity index (χ3n) is 3.86. The Kier molecular flexibility index (Phi) is 3.50. The summed E-state index contributed by atoms with van der Waals surface area (Å²) in [5.74, 6) is 0.984. The number of anilines is 1. The van der Waals surface area contributed by atoms with Gasteiger partial charge in [-0.05, 0) is 36.6 Å². The predicted molar refractivity (Wildman–Crippen MR) is 80.5 cm³/mol. The van der Waals surface area contributed by atoms with Gasteiger partial charge in [-0.15, -0.1) is 0 Å². The fraction of sp³-hybridized carbons (Fsp3) is 0.294. The summed E-state index contributed by atoms with van der Waals surface area (Å²) in [7, 11) is 1.61. The maximum Gasteiger partial charge on any atom is 0.124 e. The molecule has 20 heavy (non-hydrogen) atoms. The molecule has 0 bridgehead atoms. The van der Waals surface area contributed by atoms with Crippen molar-refractivity contribution in [2.45, 2.75) is 19.4 Å². The van der Waals surface area contributed by atoms with Crippen molar-refractivity contribution in [2.24, 2.45) is 0 Å². The molecule has 3 nitrogen and oxygen atoms in total. The Balaban J connectivity index is 1.85. The fourth-order valence-corrected chi connectivity index (χ4v) is 2.79. The molecular formula is C17H19NO2. The van der Waals surface area contributed by atoms with Crippen LogP contribution in [-0.4, -0.2) is 18.8 Å². The number of hydrogen-bond donors (Lipinski definition) is 1. The van der Waals surface area contributed by atoms with Crippen molar-refractivity contribution < 1.29 is 9.84 Å². The maximum absolute atomic E-state index is 10.1. The SMILES string of the molecule is COc1ccc(CN2CCCc3ccccc32)c(O)c1. The highest BCUT2D eigenvalue weighted by atomic mass is 16.5. The highest BCUT2D eigenvalue weighted by molar-refractivity contribution is 5.56. The number of rotatable bonds is 3. The topological polar surface area (TPSA) is 32.7 Å². The van der Waals surface area contributed by atoms with Gasteiger partial charge in [-0.25, -0.2) is 0 Å². The van der Waals surface area contributed by atoms with E-state index >= 15 is 0 Å². The highest BCUT2D eigenvalue weighted by Crippen LogP contribution is 2.31. The van der Waals surface area contributed by atoms with Gasteiger partial charge in [-0.1, -0.05) is 18.2 Å². The molecule has 1 aliphatic heterocycles. The van der Waals surface area contributed by atoms with Gasteiger partial charge in [-0.3, -0.25) is 0 Å². The van der Waals surface area contributed by atoms with Crippen LogP contribution < -0.4 is 9.64 Å². The Morgan fingerprint density at radius 3 is 2.85 bits per heavy atom. The molecule has 104 valence electrons. The zero-order valence-corrected chi connectivity index (χ0v) is 11.7. The number of benzene rings is 2. The molecule has 0 fully saturated rings. The fourth-order valence-electron chi connectivity index (χ4n) is 2.79. The van der Waals surface area contributed by atoms with E-state index in [-0.39, 0.29) is 0 Å². The summed E-state index contributed by atoms with van der Waals surface area (Å²) < 4.78 is 5.12. The number of phenols is 1. The van der Waals surface area contributed by atoms with E-state index in [1.807, 2.05) is 12.1 Å². The number of aryl methyl sites for hydroxylation is 1. The first-order valence-electron chi connectivity index (χ1n) is 6.96. The zero-order valence-electron chi connectivity index (χ0n) is 11.7. The minimum absolute atomic E-state index is 0.299. The molecule has 2 aromatic rings. The number of ether oxygens (including phenoxy) is 1. The van der Waals surface area contributed by atoms with Crippen molar-refractivity contribution in [1.29, 1.82) is 0 Å². The molecule has 2 aromatic carbocycles. The van der Waals surface area contributed by atoms with Crippen LogP contribution in [0.1, 0.15) is 17.5 Å². The molecule has 0 atom stereocenters. The molecule has 0 saturated carbocycles. The third kappa shape index (κ3) is 2.44. The summed E-state index contributed by atoms with van der Waals surface area (Å²) in [4.78, 5) is 2.33. The minimum atomic E-state index is 0.299. The second-order valence-electron chi connectivity index (χ2n) is 5.15. The zero-order chi connectivity index (χ0) is 13.9. The van der Waals surface area contributed by atoms with Gasteiger partial charge in [0.2, 0.25) is 0 Å². The summed E-state index contributed by atoms with van der Waals surface area (Å²) in [6, 6.07) is 14.0. The molecule has 0 spiro atoms. The molecule has 3 rings (SSSR count). The summed E-state index contributed by atoms with van der Waals surface area (Å²) in [5.41, 5.74) is 3.61. The van der Waals surface area contributed by atoms with Crippen molar-refractivity contribution in [3.63, 3.8) is 0 Å². The monoisotopic (exact) mass is 269 g/mol. The second kappa shape index (κ2) is 5.45. The molecule has 0 aromatic heterocycles. The van der Waals surface area contributed by atoms with E-state index in [9.17, 15) is 5.11 Å². The van der Waals surface area contributed by atoms with Crippen molar-refractivity contribution in [3.05, 3.63) is 53.6 Å². The number of nitrogens with zero attached hydrogens (tertiary/aromatic N) is 1. The summed E-state index contributed by atoms with van der Waals surface area (Å²) >= 11 is 0. The second-order valence-corrected chi connectivity index (χ2v) is 5.15. The average molecular weight is 269 g/mol. The molecule has 1 N–H and O–H groups in total. The number of methoxy groups -OCH3 is 1. The van der Waals surface area contributed by atoms with Crippen LogP contribution in [0, 0.1) is 0 Å². The molecular weight excluding hydrogens is 250 g/mol. The van der Waals surface area contributed by atoms with E-state index in [0.29, 0.717) is 11.5 Å². The Morgan fingerprint density at radius 1 is 1.20 bits per heavy atom. The van der Waals surface area contributed by atoms with Gasteiger partial charge in [0, 0.05) is 30.4 Å². The normalized spacial score (nSPS) is 13.9. The van der Waals surface area contributed by atoms with Crippen molar-refractivity contribution >= 4 is 5.69 Å². The van der Waals surface area contributed by atoms with Gasteiger partial charge in [0.1, 0.15) is 11.5 Å². The van der Waals surface area contributed by atoms with Crippen LogP contribution in [0.3, 0.4) is 0 Å². The first-order chi connectivity index (χ1) is 9.78. The third-order valence-corrected chi connectivity index (χ3v) is 3.86. The number of hydrogen-bond acceptors (Lipinski definition) is 3. The largest absolute Gasteiger partial charge is 0.507 e. The van der Waals surface area contributed by atoms with E-state index in [0.717, 1.165) is 31.5 Å². The molecule has 0 unspecified atom stereocenters. The highest BCUT2D eigenvalue weighted by Gasteiger charge is 2.17. The van der Waals surface area contributed by atoms with Crippen LogP contribution in [0.25, 0.3) is 0 Å². The molecule has 0 aliphatic carbocycles. The molecule has 0 radical (unpaired) electrons. The Labute approximate surface area is 119 Å². The van der Waals surface area contributed by atoms with E-state index in [4.69, 9.17) is 4.74 Å². The molecule has 3 heteroatoms. The van der Waals surface area contributed by atoms with Gasteiger partial charge >= 0.3 is 0 Å². The lowest BCUT2D eigenvalue weighted by Crippen LogP contribution is -2.28. The molecule has 1 aliphatic rings. The van der Waals surface area contributed by atoms with Gasteiger partial charge in [0.05, 0.1) is 7.11 Å². The number of phenolic OH excluding ortho intramolecular Hbond substituents is 1. The van der Waals surface area contributed by atoms with Crippen LogP contribution in [0.15, 0.2) is 42.5 Å². The van der Waals surface area contributed by atoms with E-state index in [1.54, 1.807) is 13.2 Å². The lowest BCUT2D eigenvalue weighted by atomic mass is 10.0. The summed E-state index contributed by atoms with van der Waals surface area (Å²) in [5, 5.41) is 10.1. The van der Waals surface area contributed by atoms with Crippen LogP contribution in [0.2, 0.25) is 0 Å². The predicted octanol–water partition coefficient (Wildman–Crippen LogP) is 3.35. The molecule has 0 saturated heterocycles. The standard InChI is InChI=1S/C17H19NO2/c1-20-15-9-8-14(17(19)11-15)12-18-10-4-6-13-5-2-3-7-16(13)18/h2-3,5,7-9,11,19H,4,6,10,12H2,1H3. The van der Waals surface area contributed by atoms with Crippen LogP contribution in [0.5, 0.6) is 11.5 Å².